The average molecular weight is 421 g/mol. The molecular weight excluding hydrogens is 396 g/mol. The molecule has 1 fully saturated rings. The SMILES string of the molecule is COC(=O)c1ccc(C(=O)N2CCN(C(c3ccccc3)c3ccccc3)CC2)s1. The number of rotatable bonds is 5. The maximum atomic E-state index is 12.9. The second-order valence-corrected chi connectivity index (χ2v) is 8.29. The van der Waals surface area contributed by atoms with Crippen molar-refractivity contribution in [1.82, 2.24) is 9.80 Å². The first-order chi connectivity index (χ1) is 14.7. The van der Waals surface area contributed by atoms with Gasteiger partial charge in [0.05, 0.1) is 18.0 Å². The summed E-state index contributed by atoms with van der Waals surface area (Å²) in [6, 6.07) is 24.5. The quantitative estimate of drug-likeness (QED) is 0.584. The summed E-state index contributed by atoms with van der Waals surface area (Å²) in [6.45, 7) is 2.88. The van der Waals surface area contributed by atoms with Crippen molar-refractivity contribution in [2.75, 3.05) is 33.3 Å². The number of hydrogen-bond acceptors (Lipinski definition) is 5. The lowest BCUT2D eigenvalue weighted by Gasteiger charge is -2.39. The molecule has 0 unspecified atom stereocenters. The summed E-state index contributed by atoms with van der Waals surface area (Å²) in [5.41, 5.74) is 2.51. The summed E-state index contributed by atoms with van der Waals surface area (Å²) < 4.78 is 4.74. The molecule has 5 nitrogen and oxygen atoms in total. The maximum absolute atomic E-state index is 12.9. The first kappa shape index (κ1) is 20.3. The van der Waals surface area contributed by atoms with Gasteiger partial charge in [-0.3, -0.25) is 9.69 Å². The summed E-state index contributed by atoms with van der Waals surface area (Å²) in [6.07, 6.45) is 0. The number of piperazine rings is 1. The number of esters is 1. The molecule has 1 amide bonds. The van der Waals surface area contributed by atoms with E-state index in [1.807, 2.05) is 17.0 Å². The Hall–Kier alpha value is -2.96. The minimum atomic E-state index is -0.405. The molecule has 0 atom stereocenters. The van der Waals surface area contributed by atoms with Crippen LogP contribution in [0.15, 0.2) is 72.8 Å². The molecule has 0 radical (unpaired) electrons. The van der Waals surface area contributed by atoms with Crippen molar-refractivity contribution >= 4 is 23.2 Å². The number of nitrogens with zero attached hydrogens (tertiary/aromatic N) is 2. The maximum Gasteiger partial charge on any atom is 0.348 e. The fourth-order valence-electron chi connectivity index (χ4n) is 3.89. The van der Waals surface area contributed by atoms with Crippen LogP contribution in [0.1, 0.15) is 36.5 Å². The van der Waals surface area contributed by atoms with Crippen molar-refractivity contribution in [3.63, 3.8) is 0 Å². The Morgan fingerprint density at radius 3 is 1.87 bits per heavy atom. The highest BCUT2D eigenvalue weighted by Gasteiger charge is 2.29. The topological polar surface area (TPSA) is 49.9 Å². The summed E-state index contributed by atoms with van der Waals surface area (Å²) >= 11 is 1.19. The van der Waals surface area contributed by atoms with Gasteiger partial charge in [0.1, 0.15) is 4.88 Å². The largest absolute Gasteiger partial charge is 0.465 e. The standard InChI is InChI=1S/C24H24N2O3S/c1-29-24(28)21-13-12-20(30-21)23(27)26-16-14-25(15-17-26)22(18-8-4-2-5-9-18)19-10-6-3-7-11-19/h2-13,22H,14-17H2,1H3. The molecule has 0 N–H and O–H groups in total. The van der Waals surface area contributed by atoms with Gasteiger partial charge in [-0.25, -0.2) is 4.79 Å². The summed E-state index contributed by atoms with van der Waals surface area (Å²) in [5.74, 6) is -0.428. The number of carbonyl (C=O) groups is 2. The number of hydrogen-bond donors (Lipinski definition) is 0. The number of amides is 1. The van der Waals surface area contributed by atoms with Crippen LogP contribution in [0.4, 0.5) is 0 Å². The van der Waals surface area contributed by atoms with Crippen LogP contribution in [0.3, 0.4) is 0 Å². The zero-order valence-corrected chi connectivity index (χ0v) is 17.7. The van der Waals surface area contributed by atoms with Gasteiger partial charge in [0.25, 0.3) is 5.91 Å². The Morgan fingerprint density at radius 1 is 0.800 bits per heavy atom. The second kappa shape index (κ2) is 9.24. The molecule has 6 heteroatoms. The monoisotopic (exact) mass is 420 g/mol. The Balaban J connectivity index is 1.48. The minimum Gasteiger partial charge on any atom is -0.465 e. The smallest absolute Gasteiger partial charge is 0.348 e. The molecule has 1 aliphatic rings. The van der Waals surface area contributed by atoms with E-state index in [-0.39, 0.29) is 11.9 Å². The van der Waals surface area contributed by atoms with Crippen molar-refractivity contribution in [3.05, 3.63) is 93.7 Å². The number of carbonyl (C=O) groups excluding carboxylic acids is 2. The zero-order chi connectivity index (χ0) is 20.9. The van der Waals surface area contributed by atoms with Crippen molar-refractivity contribution in [1.29, 1.82) is 0 Å². The Labute approximate surface area is 180 Å². The fourth-order valence-corrected chi connectivity index (χ4v) is 4.78. The molecule has 154 valence electrons. The van der Waals surface area contributed by atoms with Gasteiger partial charge in [0.15, 0.2) is 0 Å². The van der Waals surface area contributed by atoms with E-state index in [1.165, 1.54) is 29.6 Å². The second-order valence-electron chi connectivity index (χ2n) is 7.21. The summed E-state index contributed by atoms with van der Waals surface area (Å²) in [7, 11) is 1.35. The number of ether oxygens (including phenoxy) is 1. The van der Waals surface area contributed by atoms with Gasteiger partial charge >= 0.3 is 5.97 Å². The van der Waals surface area contributed by atoms with Gasteiger partial charge < -0.3 is 9.64 Å². The normalized spacial score (nSPS) is 14.7. The van der Waals surface area contributed by atoms with E-state index < -0.39 is 5.97 Å². The Kier molecular flexibility index (Phi) is 6.26. The third kappa shape index (κ3) is 4.30. The highest BCUT2D eigenvalue weighted by molar-refractivity contribution is 7.15. The highest BCUT2D eigenvalue weighted by Crippen LogP contribution is 2.30. The van der Waals surface area contributed by atoms with E-state index in [9.17, 15) is 9.59 Å². The average Bonchev–Trinajstić information content (AvgIpc) is 3.31. The van der Waals surface area contributed by atoms with E-state index in [4.69, 9.17) is 4.74 Å². The van der Waals surface area contributed by atoms with Crippen LogP contribution >= 0.6 is 11.3 Å². The highest BCUT2D eigenvalue weighted by atomic mass is 32.1. The van der Waals surface area contributed by atoms with Crippen LogP contribution in [0.25, 0.3) is 0 Å². The van der Waals surface area contributed by atoms with E-state index in [2.05, 4.69) is 53.4 Å². The lowest BCUT2D eigenvalue weighted by molar-refractivity contribution is 0.0598. The number of thiophene rings is 1. The third-order valence-electron chi connectivity index (χ3n) is 5.40. The molecule has 30 heavy (non-hydrogen) atoms. The lowest BCUT2D eigenvalue weighted by Crippen LogP contribution is -2.49. The molecule has 0 saturated carbocycles. The molecule has 0 aliphatic carbocycles. The van der Waals surface area contributed by atoms with Gasteiger partial charge in [-0.1, -0.05) is 60.7 Å². The molecule has 1 aliphatic heterocycles. The molecular formula is C24H24N2O3S. The molecule has 0 spiro atoms. The van der Waals surface area contributed by atoms with E-state index >= 15 is 0 Å². The van der Waals surface area contributed by atoms with Crippen LogP contribution in [-0.2, 0) is 4.74 Å². The molecule has 3 aromatic rings. The minimum absolute atomic E-state index is 0.0224. The molecule has 1 saturated heterocycles. The molecule has 4 rings (SSSR count). The molecule has 0 bridgehead atoms. The van der Waals surface area contributed by atoms with E-state index in [0.717, 1.165) is 13.1 Å². The van der Waals surface area contributed by atoms with Crippen LogP contribution in [0, 0.1) is 0 Å². The summed E-state index contributed by atoms with van der Waals surface area (Å²) in [5, 5.41) is 0. The predicted octanol–water partition coefficient (Wildman–Crippen LogP) is 4.08. The Morgan fingerprint density at radius 2 is 1.33 bits per heavy atom. The van der Waals surface area contributed by atoms with Gasteiger partial charge in [0, 0.05) is 26.2 Å². The first-order valence-corrected chi connectivity index (χ1v) is 10.8. The van der Waals surface area contributed by atoms with Gasteiger partial charge in [-0.15, -0.1) is 11.3 Å². The molecule has 1 aromatic heterocycles. The van der Waals surface area contributed by atoms with Crippen LogP contribution < -0.4 is 0 Å². The van der Waals surface area contributed by atoms with E-state index in [1.54, 1.807) is 12.1 Å². The van der Waals surface area contributed by atoms with E-state index in [0.29, 0.717) is 22.8 Å². The van der Waals surface area contributed by atoms with Crippen molar-refractivity contribution in [2.45, 2.75) is 6.04 Å². The fraction of sp³-hybridized carbons (Fsp3) is 0.250. The van der Waals surface area contributed by atoms with Gasteiger partial charge in [-0.2, -0.15) is 0 Å². The van der Waals surface area contributed by atoms with Crippen LogP contribution in [0.2, 0.25) is 0 Å². The predicted molar refractivity (Wildman–Crippen MR) is 118 cm³/mol. The van der Waals surface area contributed by atoms with Crippen molar-refractivity contribution in [2.24, 2.45) is 0 Å². The number of benzene rings is 2. The number of methoxy groups -OCH3 is 1. The lowest BCUT2D eigenvalue weighted by atomic mass is 9.96. The van der Waals surface area contributed by atoms with Crippen LogP contribution in [-0.4, -0.2) is 55.0 Å². The summed E-state index contributed by atoms with van der Waals surface area (Å²) in [4.78, 5) is 29.9. The van der Waals surface area contributed by atoms with Crippen molar-refractivity contribution < 1.29 is 14.3 Å². The molecule has 2 aromatic carbocycles. The first-order valence-electron chi connectivity index (χ1n) is 9.98. The Bertz CT molecular complexity index is 956. The zero-order valence-electron chi connectivity index (χ0n) is 16.9. The van der Waals surface area contributed by atoms with Gasteiger partial charge in [-0.05, 0) is 23.3 Å². The third-order valence-corrected chi connectivity index (χ3v) is 6.45. The van der Waals surface area contributed by atoms with Crippen molar-refractivity contribution in [3.8, 4) is 0 Å². The van der Waals surface area contributed by atoms with Crippen LogP contribution in [0.5, 0.6) is 0 Å². The van der Waals surface area contributed by atoms with Gasteiger partial charge in [0.2, 0.25) is 0 Å². The molecule has 2 heterocycles.